The highest BCUT2D eigenvalue weighted by Gasteiger charge is 1.79. The molecule has 0 atom stereocenters. The third-order valence-corrected chi connectivity index (χ3v) is 2.79. The maximum atomic E-state index is 8.00. The summed E-state index contributed by atoms with van der Waals surface area (Å²) in [6.07, 6.45) is 9.11. The molecular weight excluding hydrogens is 412 g/mol. The van der Waals surface area contributed by atoms with Gasteiger partial charge in [0.15, 0.2) is 0 Å². The summed E-state index contributed by atoms with van der Waals surface area (Å²) in [6.45, 7) is 26.4. The zero-order valence-corrected chi connectivity index (χ0v) is 23.1. The van der Waals surface area contributed by atoms with Crippen molar-refractivity contribution in [3.8, 4) is 0 Å². The minimum absolute atomic E-state index is 0. The molecule has 0 amide bonds. The lowest BCUT2D eigenvalue weighted by Crippen LogP contribution is -1.92. The van der Waals surface area contributed by atoms with Crippen LogP contribution in [0.3, 0.4) is 0 Å². The van der Waals surface area contributed by atoms with Crippen LogP contribution in [0.4, 0.5) is 0 Å². The van der Waals surface area contributed by atoms with E-state index in [1.54, 1.807) is 0 Å². The molecule has 0 aromatic heterocycles. The zero-order valence-electron chi connectivity index (χ0n) is 23.1. The molecule has 4 N–H and O–H groups in total. The van der Waals surface area contributed by atoms with E-state index in [2.05, 4.69) is 55.4 Å². The van der Waals surface area contributed by atoms with E-state index in [4.69, 9.17) is 23.7 Å². The molecular formula is C25H62O7. The summed E-state index contributed by atoms with van der Waals surface area (Å²) in [7, 11) is 0. The van der Waals surface area contributed by atoms with Crippen LogP contribution in [0.2, 0.25) is 0 Å². The molecule has 0 spiro atoms. The van der Waals surface area contributed by atoms with Crippen LogP contribution < -0.4 is 0 Å². The average Bonchev–Trinajstić information content (AvgIpc) is 2.78. The van der Waals surface area contributed by atoms with Gasteiger partial charge in [-0.05, 0) is 51.4 Å². The second-order valence-corrected chi connectivity index (χ2v) is 6.45. The highest BCUT2D eigenvalue weighted by molar-refractivity contribution is 5.10. The van der Waals surface area contributed by atoms with Gasteiger partial charge < -0.3 is 34.7 Å². The topological polar surface area (TPSA) is 117 Å². The highest BCUT2D eigenvalue weighted by Crippen LogP contribution is 1.83. The third-order valence-electron chi connectivity index (χ3n) is 2.79. The zero-order chi connectivity index (χ0) is 24.1. The van der Waals surface area contributed by atoms with Gasteiger partial charge in [0.25, 0.3) is 0 Å². The summed E-state index contributed by atoms with van der Waals surface area (Å²) in [4.78, 5) is 8.00. The van der Waals surface area contributed by atoms with E-state index in [1.165, 1.54) is 0 Å². The Kier molecular flexibility index (Phi) is 106. The van der Waals surface area contributed by atoms with E-state index in [-0.39, 0.29) is 11.0 Å². The van der Waals surface area contributed by atoms with Crippen molar-refractivity contribution in [2.45, 2.75) is 107 Å². The van der Waals surface area contributed by atoms with Crippen molar-refractivity contribution >= 4 is 6.79 Å². The minimum atomic E-state index is 0. The largest absolute Gasteiger partial charge is 0.412 e. The molecule has 0 radical (unpaired) electrons. The highest BCUT2D eigenvalue weighted by atomic mass is 16.5. The fraction of sp³-hybridized carbons (Fsp3) is 0.960. The van der Waals surface area contributed by atoms with E-state index >= 15 is 0 Å². The quantitative estimate of drug-likeness (QED) is 0.275. The Morgan fingerprint density at radius 1 is 0.344 bits per heavy atom. The summed E-state index contributed by atoms with van der Waals surface area (Å²) >= 11 is 0. The van der Waals surface area contributed by atoms with Gasteiger partial charge in [0.1, 0.15) is 6.79 Å². The molecule has 0 aromatic rings. The standard InChI is InChI=1S/4C6H14O.CH2O.2H2O/c4*1-3-5-7-6-4-2;1-2;;/h4*3-6H2,1-2H3;1H2;2*1H2. The van der Waals surface area contributed by atoms with Gasteiger partial charge in [-0.15, -0.1) is 0 Å². The van der Waals surface area contributed by atoms with Crippen molar-refractivity contribution in [2.24, 2.45) is 0 Å². The first-order valence-corrected chi connectivity index (χ1v) is 12.3. The van der Waals surface area contributed by atoms with Gasteiger partial charge in [0.05, 0.1) is 0 Å². The molecule has 0 aliphatic rings. The predicted octanol–water partition coefficient (Wildman–Crippen LogP) is 5.46. The van der Waals surface area contributed by atoms with Gasteiger partial charge in [-0.3, -0.25) is 0 Å². The molecule has 7 heteroatoms. The molecule has 0 unspecified atom stereocenters. The Balaban J connectivity index is -0.0000000497. The van der Waals surface area contributed by atoms with E-state index in [9.17, 15) is 0 Å². The molecule has 0 heterocycles. The summed E-state index contributed by atoms with van der Waals surface area (Å²) in [6, 6.07) is 0. The Labute approximate surface area is 201 Å². The molecule has 0 saturated heterocycles. The second-order valence-electron chi connectivity index (χ2n) is 6.45. The lowest BCUT2D eigenvalue weighted by Gasteiger charge is -1.95. The second kappa shape index (κ2) is 69.8. The SMILES string of the molecule is C=O.CCCOCCC.CCCOCCC.CCCOCCC.CCCOCCC.O.O. The smallest absolute Gasteiger partial charge is 0.106 e. The van der Waals surface area contributed by atoms with Crippen LogP contribution in [0.25, 0.3) is 0 Å². The fourth-order valence-corrected chi connectivity index (χ4v) is 1.56. The van der Waals surface area contributed by atoms with E-state index < -0.39 is 0 Å². The summed E-state index contributed by atoms with van der Waals surface area (Å²) < 4.78 is 20.5. The average molecular weight is 475 g/mol. The molecule has 0 fully saturated rings. The van der Waals surface area contributed by atoms with Crippen LogP contribution in [-0.4, -0.2) is 70.6 Å². The Morgan fingerprint density at radius 3 is 0.500 bits per heavy atom. The Hall–Kier alpha value is -0.570. The van der Waals surface area contributed by atoms with Crippen molar-refractivity contribution in [1.82, 2.24) is 0 Å². The van der Waals surface area contributed by atoms with Gasteiger partial charge in [-0.25, -0.2) is 0 Å². The van der Waals surface area contributed by atoms with Crippen LogP contribution in [-0.2, 0) is 23.7 Å². The summed E-state index contributed by atoms with van der Waals surface area (Å²) in [5, 5.41) is 0. The van der Waals surface area contributed by atoms with Gasteiger partial charge in [0.2, 0.25) is 0 Å². The number of ether oxygens (including phenoxy) is 4. The lowest BCUT2D eigenvalue weighted by atomic mass is 10.5. The number of carbonyl (C=O) groups is 1. The van der Waals surface area contributed by atoms with Gasteiger partial charge in [-0.2, -0.15) is 0 Å². The van der Waals surface area contributed by atoms with Crippen LogP contribution in [0.1, 0.15) is 107 Å². The van der Waals surface area contributed by atoms with Crippen LogP contribution >= 0.6 is 0 Å². The Bertz CT molecular complexity index is 153. The van der Waals surface area contributed by atoms with Crippen molar-refractivity contribution in [3.63, 3.8) is 0 Å². The number of hydrogen-bond donors (Lipinski definition) is 0. The fourth-order valence-electron chi connectivity index (χ4n) is 1.56. The normalized spacial score (nSPS) is 8.38. The van der Waals surface area contributed by atoms with Gasteiger partial charge in [-0.1, -0.05) is 55.4 Å². The lowest BCUT2D eigenvalue weighted by molar-refractivity contribution is -0.0980. The van der Waals surface area contributed by atoms with E-state index in [0.29, 0.717) is 0 Å². The molecule has 0 aliphatic carbocycles. The van der Waals surface area contributed by atoms with Crippen molar-refractivity contribution in [1.29, 1.82) is 0 Å². The van der Waals surface area contributed by atoms with Crippen LogP contribution in [0.15, 0.2) is 0 Å². The van der Waals surface area contributed by atoms with E-state index in [1.807, 2.05) is 6.79 Å². The number of hydrogen-bond acceptors (Lipinski definition) is 5. The molecule has 0 saturated carbocycles. The molecule has 7 nitrogen and oxygen atoms in total. The maximum absolute atomic E-state index is 8.00. The van der Waals surface area contributed by atoms with E-state index in [0.717, 1.165) is 104 Å². The predicted molar refractivity (Wildman–Crippen MR) is 140 cm³/mol. The molecule has 0 rings (SSSR count). The monoisotopic (exact) mass is 474 g/mol. The minimum Gasteiger partial charge on any atom is -0.412 e. The molecule has 0 aliphatic heterocycles. The first-order valence-electron chi connectivity index (χ1n) is 12.3. The van der Waals surface area contributed by atoms with Crippen molar-refractivity contribution in [3.05, 3.63) is 0 Å². The van der Waals surface area contributed by atoms with Gasteiger partial charge in [0, 0.05) is 52.9 Å². The van der Waals surface area contributed by atoms with Crippen molar-refractivity contribution in [2.75, 3.05) is 52.9 Å². The third kappa shape index (κ3) is 99.9. The molecule has 0 bridgehead atoms. The van der Waals surface area contributed by atoms with Crippen LogP contribution in [0.5, 0.6) is 0 Å². The van der Waals surface area contributed by atoms with Crippen molar-refractivity contribution < 1.29 is 34.7 Å². The maximum Gasteiger partial charge on any atom is 0.106 e. The molecule has 0 aromatic carbocycles. The number of rotatable bonds is 16. The summed E-state index contributed by atoms with van der Waals surface area (Å²) in [5.41, 5.74) is 0. The molecule has 32 heavy (non-hydrogen) atoms. The van der Waals surface area contributed by atoms with Gasteiger partial charge >= 0.3 is 0 Å². The Morgan fingerprint density at radius 2 is 0.438 bits per heavy atom. The number of carbonyl (C=O) groups excluding carboxylic acids is 1. The first-order chi connectivity index (χ1) is 14.7. The molecule has 204 valence electrons. The first kappa shape index (κ1) is 48.8. The summed E-state index contributed by atoms with van der Waals surface area (Å²) in [5.74, 6) is 0. The van der Waals surface area contributed by atoms with Crippen LogP contribution in [0, 0.1) is 0 Å².